The van der Waals surface area contributed by atoms with Gasteiger partial charge in [0.25, 0.3) is 5.91 Å². The van der Waals surface area contributed by atoms with Crippen molar-refractivity contribution in [2.24, 2.45) is 11.3 Å². The standard InChI is InChI=1S/C24H27N5O/c1-18-21(14-27-29(18)22-9-5-6-12-26-22)23(30)28-15-20-13-25-16-24(20,17-28)11-10-19-7-3-2-4-8-19/h2-9,12,14,20,25H,10-11,13,15-17H2,1H3. The van der Waals surface area contributed by atoms with Crippen molar-refractivity contribution in [3.8, 4) is 5.82 Å². The number of aryl methyl sites for hydroxylation is 1. The predicted molar refractivity (Wildman–Crippen MR) is 116 cm³/mol. The summed E-state index contributed by atoms with van der Waals surface area (Å²) < 4.78 is 1.75. The molecule has 3 aromatic rings. The summed E-state index contributed by atoms with van der Waals surface area (Å²) in [5.74, 6) is 1.33. The molecule has 154 valence electrons. The Morgan fingerprint density at radius 2 is 2.03 bits per heavy atom. The van der Waals surface area contributed by atoms with E-state index in [4.69, 9.17) is 0 Å². The highest BCUT2D eigenvalue weighted by Gasteiger charge is 2.50. The lowest BCUT2D eigenvalue weighted by Crippen LogP contribution is -2.36. The summed E-state index contributed by atoms with van der Waals surface area (Å²) in [6, 6.07) is 16.4. The fourth-order valence-corrected chi connectivity index (χ4v) is 5.07. The van der Waals surface area contributed by atoms with E-state index >= 15 is 0 Å². The van der Waals surface area contributed by atoms with Gasteiger partial charge < -0.3 is 10.2 Å². The first-order valence-corrected chi connectivity index (χ1v) is 10.7. The molecule has 1 amide bonds. The van der Waals surface area contributed by atoms with Crippen molar-refractivity contribution < 1.29 is 4.79 Å². The summed E-state index contributed by atoms with van der Waals surface area (Å²) in [5, 5.41) is 8.01. The zero-order chi connectivity index (χ0) is 20.6. The number of carbonyl (C=O) groups is 1. The number of benzene rings is 1. The fourth-order valence-electron chi connectivity index (χ4n) is 5.07. The second-order valence-electron chi connectivity index (χ2n) is 8.60. The molecule has 2 atom stereocenters. The average molecular weight is 402 g/mol. The molecule has 30 heavy (non-hydrogen) atoms. The average Bonchev–Trinajstić information content (AvgIpc) is 3.45. The number of carbonyl (C=O) groups excluding carboxylic acids is 1. The van der Waals surface area contributed by atoms with Crippen molar-refractivity contribution in [2.45, 2.75) is 19.8 Å². The van der Waals surface area contributed by atoms with E-state index < -0.39 is 0 Å². The Kier molecular flexibility index (Phi) is 4.87. The van der Waals surface area contributed by atoms with Crippen LogP contribution in [0.15, 0.2) is 60.9 Å². The Balaban J connectivity index is 1.33. The van der Waals surface area contributed by atoms with Crippen molar-refractivity contribution in [2.75, 3.05) is 26.2 Å². The molecule has 4 heterocycles. The molecular formula is C24H27N5O. The summed E-state index contributed by atoms with van der Waals surface area (Å²) in [4.78, 5) is 19.8. The molecule has 1 aromatic carbocycles. The van der Waals surface area contributed by atoms with Gasteiger partial charge in [-0.2, -0.15) is 5.10 Å². The number of pyridine rings is 1. The molecule has 0 spiro atoms. The van der Waals surface area contributed by atoms with Crippen LogP contribution in [0.5, 0.6) is 0 Å². The third-order valence-electron chi connectivity index (χ3n) is 6.83. The molecule has 5 rings (SSSR count). The van der Waals surface area contributed by atoms with Crippen LogP contribution in [-0.4, -0.2) is 51.8 Å². The van der Waals surface area contributed by atoms with Crippen LogP contribution in [0.25, 0.3) is 5.82 Å². The van der Waals surface area contributed by atoms with Gasteiger partial charge in [0.2, 0.25) is 0 Å². The second kappa shape index (κ2) is 7.69. The van der Waals surface area contributed by atoms with Crippen LogP contribution in [0.1, 0.15) is 28.0 Å². The molecule has 6 heteroatoms. The highest BCUT2D eigenvalue weighted by Crippen LogP contribution is 2.43. The van der Waals surface area contributed by atoms with E-state index in [1.807, 2.05) is 30.0 Å². The zero-order valence-corrected chi connectivity index (χ0v) is 17.3. The third kappa shape index (κ3) is 3.31. The van der Waals surface area contributed by atoms with Gasteiger partial charge >= 0.3 is 0 Å². The number of fused-ring (bicyclic) bond motifs is 1. The van der Waals surface area contributed by atoms with Crippen LogP contribution < -0.4 is 5.32 Å². The molecule has 2 saturated heterocycles. The van der Waals surface area contributed by atoms with Gasteiger partial charge in [-0.1, -0.05) is 36.4 Å². The zero-order valence-electron chi connectivity index (χ0n) is 17.3. The number of hydrogen-bond acceptors (Lipinski definition) is 4. The number of aromatic nitrogens is 3. The molecule has 1 N–H and O–H groups in total. The minimum atomic E-state index is 0.0863. The van der Waals surface area contributed by atoms with Crippen LogP contribution in [0, 0.1) is 18.3 Å². The van der Waals surface area contributed by atoms with E-state index in [9.17, 15) is 4.79 Å². The van der Waals surface area contributed by atoms with Gasteiger partial charge in [-0.05, 0) is 43.4 Å². The molecule has 0 radical (unpaired) electrons. The minimum absolute atomic E-state index is 0.0863. The SMILES string of the molecule is Cc1c(C(=O)N2CC3CNCC3(CCc3ccccc3)C2)cnn1-c1ccccn1. The Morgan fingerprint density at radius 1 is 1.20 bits per heavy atom. The monoisotopic (exact) mass is 401 g/mol. The van der Waals surface area contributed by atoms with Crippen molar-refractivity contribution in [3.63, 3.8) is 0 Å². The van der Waals surface area contributed by atoms with Crippen LogP contribution in [0.3, 0.4) is 0 Å². The summed E-state index contributed by atoms with van der Waals surface area (Å²) in [6.45, 7) is 5.54. The molecular weight excluding hydrogens is 374 g/mol. The third-order valence-corrected chi connectivity index (χ3v) is 6.83. The van der Waals surface area contributed by atoms with Gasteiger partial charge in [0.1, 0.15) is 0 Å². The maximum atomic E-state index is 13.4. The second-order valence-corrected chi connectivity index (χ2v) is 8.60. The van der Waals surface area contributed by atoms with E-state index in [1.54, 1.807) is 17.1 Å². The first kappa shape index (κ1) is 19.0. The number of rotatable bonds is 5. The Labute approximate surface area is 176 Å². The highest BCUT2D eigenvalue weighted by molar-refractivity contribution is 5.95. The van der Waals surface area contributed by atoms with Crippen LogP contribution in [0.4, 0.5) is 0 Å². The normalized spacial score (nSPS) is 23.0. The van der Waals surface area contributed by atoms with Crippen LogP contribution in [0.2, 0.25) is 0 Å². The molecule has 2 fully saturated rings. The topological polar surface area (TPSA) is 63.1 Å². The largest absolute Gasteiger partial charge is 0.338 e. The number of likely N-dealkylation sites (tertiary alicyclic amines) is 1. The first-order valence-electron chi connectivity index (χ1n) is 10.7. The fraction of sp³-hybridized carbons (Fsp3) is 0.375. The van der Waals surface area contributed by atoms with E-state index in [2.05, 4.69) is 45.7 Å². The smallest absolute Gasteiger partial charge is 0.257 e. The Hall–Kier alpha value is -2.99. The molecule has 2 aromatic heterocycles. The maximum absolute atomic E-state index is 13.4. The number of nitrogens with zero attached hydrogens (tertiary/aromatic N) is 4. The van der Waals surface area contributed by atoms with Crippen molar-refractivity contribution in [1.82, 2.24) is 25.0 Å². The van der Waals surface area contributed by atoms with Gasteiger partial charge in [-0.25, -0.2) is 9.67 Å². The summed E-state index contributed by atoms with van der Waals surface area (Å²) in [7, 11) is 0. The van der Waals surface area contributed by atoms with E-state index in [0.29, 0.717) is 11.5 Å². The predicted octanol–water partition coefficient (Wildman–Crippen LogP) is 2.87. The van der Waals surface area contributed by atoms with Crippen molar-refractivity contribution in [3.05, 3.63) is 77.7 Å². The number of amides is 1. The van der Waals surface area contributed by atoms with E-state index in [-0.39, 0.29) is 11.3 Å². The number of hydrogen-bond donors (Lipinski definition) is 1. The maximum Gasteiger partial charge on any atom is 0.257 e. The molecule has 2 aliphatic heterocycles. The highest BCUT2D eigenvalue weighted by atomic mass is 16.2. The van der Waals surface area contributed by atoms with Gasteiger partial charge in [0.05, 0.1) is 17.5 Å². The molecule has 0 bridgehead atoms. The lowest BCUT2D eigenvalue weighted by Gasteiger charge is -2.28. The molecule has 0 aliphatic carbocycles. The van der Waals surface area contributed by atoms with Crippen molar-refractivity contribution >= 4 is 5.91 Å². The van der Waals surface area contributed by atoms with Gasteiger partial charge in [-0.15, -0.1) is 0 Å². The summed E-state index contributed by atoms with van der Waals surface area (Å²) >= 11 is 0. The molecule has 2 unspecified atom stereocenters. The van der Waals surface area contributed by atoms with E-state index in [1.165, 1.54) is 5.56 Å². The van der Waals surface area contributed by atoms with Gasteiger partial charge in [-0.3, -0.25) is 4.79 Å². The quantitative estimate of drug-likeness (QED) is 0.714. The first-order chi connectivity index (χ1) is 14.7. The summed E-state index contributed by atoms with van der Waals surface area (Å²) in [5.41, 5.74) is 3.05. The molecule has 6 nitrogen and oxygen atoms in total. The lowest BCUT2D eigenvalue weighted by molar-refractivity contribution is 0.0768. The minimum Gasteiger partial charge on any atom is -0.338 e. The number of nitrogens with one attached hydrogen (secondary N) is 1. The summed E-state index contributed by atoms with van der Waals surface area (Å²) in [6.07, 6.45) is 5.58. The lowest BCUT2D eigenvalue weighted by atomic mass is 9.76. The molecule has 0 saturated carbocycles. The van der Waals surface area contributed by atoms with Gasteiger partial charge in [0, 0.05) is 37.8 Å². The van der Waals surface area contributed by atoms with Crippen molar-refractivity contribution in [1.29, 1.82) is 0 Å². The van der Waals surface area contributed by atoms with Gasteiger partial charge in [0.15, 0.2) is 5.82 Å². The van der Waals surface area contributed by atoms with E-state index in [0.717, 1.165) is 50.5 Å². The molecule has 2 aliphatic rings. The van der Waals surface area contributed by atoms with Crippen LogP contribution in [-0.2, 0) is 6.42 Å². The Morgan fingerprint density at radius 3 is 2.83 bits per heavy atom. The Bertz CT molecular complexity index is 1030. The van der Waals surface area contributed by atoms with Crippen LogP contribution >= 0.6 is 0 Å².